The van der Waals surface area contributed by atoms with Crippen LogP contribution in [0.5, 0.6) is 0 Å². The number of hydrogen-bond donors (Lipinski definition) is 1. The van der Waals surface area contributed by atoms with Crippen LogP contribution in [0.4, 0.5) is 11.4 Å². The molecule has 0 aliphatic heterocycles. The Bertz CT molecular complexity index is 756. The van der Waals surface area contributed by atoms with Gasteiger partial charge in [-0.15, -0.1) is 0 Å². The molecule has 0 aliphatic carbocycles. The zero-order valence-electron chi connectivity index (χ0n) is 16.1. The van der Waals surface area contributed by atoms with Crippen LogP contribution in [-0.2, 0) is 0 Å². The first-order chi connectivity index (χ1) is 10.6. The van der Waals surface area contributed by atoms with Crippen molar-refractivity contribution < 1.29 is 0 Å². The van der Waals surface area contributed by atoms with Gasteiger partial charge in [0.1, 0.15) is 0 Å². The van der Waals surface area contributed by atoms with Gasteiger partial charge in [0.2, 0.25) is 0 Å². The Labute approximate surface area is 141 Å². The van der Waals surface area contributed by atoms with Crippen molar-refractivity contribution in [2.24, 2.45) is 5.84 Å². The van der Waals surface area contributed by atoms with Crippen molar-refractivity contribution in [2.45, 2.75) is 62.3 Å². The maximum Gasteiger partial charge on any atom is 0.0639 e. The molecule has 2 aromatic rings. The molecule has 0 unspecified atom stereocenters. The van der Waals surface area contributed by atoms with Gasteiger partial charge in [0.05, 0.1) is 11.4 Å². The van der Waals surface area contributed by atoms with Crippen molar-refractivity contribution >= 4 is 11.4 Å². The molecule has 0 atom stereocenters. The molecule has 2 nitrogen and oxygen atoms in total. The van der Waals surface area contributed by atoms with E-state index >= 15 is 0 Å². The van der Waals surface area contributed by atoms with E-state index in [9.17, 15) is 0 Å². The zero-order chi connectivity index (χ0) is 17.6. The van der Waals surface area contributed by atoms with Crippen molar-refractivity contribution in [2.75, 3.05) is 5.01 Å². The van der Waals surface area contributed by atoms with Crippen LogP contribution in [0.1, 0.15) is 50.1 Å². The van der Waals surface area contributed by atoms with Gasteiger partial charge in [-0.2, -0.15) is 0 Å². The molecule has 124 valence electrons. The molecule has 0 fully saturated rings. The highest BCUT2D eigenvalue weighted by Gasteiger charge is 2.19. The summed E-state index contributed by atoms with van der Waals surface area (Å²) in [7, 11) is 0. The molecule has 0 saturated heterocycles. The second-order valence-electron chi connectivity index (χ2n) is 6.93. The standard InChI is InChI=1S/C21H30N2/c1-11-10-20(17(7)13(3)12(11)2)23(22)21-18(8)15(5)14(4)16(6)19(21)9/h10H,22H2,1-9H3. The predicted molar refractivity (Wildman–Crippen MR) is 102 cm³/mol. The lowest BCUT2D eigenvalue weighted by atomic mass is 9.91. The second kappa shape index (κ2) is 6.01. The van der Waals surface area contributed by atoms with E-state index in [4.69, 9.17) is 5.84 Å². The Kier molecular flexibility index (Phi) is 4.59. The fourth-order valence-electron chi connectivity index (χ4n) is 3.40. The first kappa shape index (κ1) is 17.6. The molecule has 2 aromatic carbocycles. The molecule has 0 radical (unpaired) electrons. The summed E-state index contributed by atoms with van der Waals surface area (Å²) in [6.07, 6.45) is 0. The van der Waals surface area contributed by atoms with E-state index in [1.54, 1.807) is 0 Å². The van der Waals surface area contributed by atoms with Gasteiger partial charge in [-0.3, -0.25) is 5.01 Å². The van der Waals surface area contributed by atoms with Crippen LogP contribution < -0.4 is 10.9 Å². The summed E-state index contributed by atoms with van der Waals surface area (Å²) in [5.41, 5.74) is 14.0. The molecule has 2 N–H and O–H groups in total. The van der Waals surface area contributed by atoms with Crippen LogP contribution in [0.2, 0.25) is 0 Å². The molecule has 23 heavy (non-hydrogen) atoms. The van der Waals surface area contributed by atoms with Crippen LogP contribution in [0, 0.1) is 62.3 Å². The lowest BCUT2D eigenvalue weighted by Crippen LogP contribution is -2.28. The second-order valence-corrected chi connectivity index (χ2v) is 6.93. The third-order valence-corrected chi connectivity index (χ3v) is 5.91. The smallest absolute Gasteiger partial charge is 0.0639 e. The maximum atomic E-state index is 6.63. The molecule has 2 heteroatoms. The number of nitrogens with zero attached hydrogens (tertiary/aromatic N) is 1. The van der Waals surface area contributed by atoms with Gasteiger partial charge < -0.3 is 0 Å². The Balaban J connectivity index is 2.75. The summed E-state index contributed by atoms with van der Waals surface area (Å²) in [5, 5.41) is 1.89. The van der Waals surface area contributed by atoms with Crippen LogP contribution >= 0.6 is 0 Å². The normalized spacial score (nSPS) is 11.0. The van der Waals surface area contributed by atoms with Gasteiger partial charge in [-0.05, 0) is 118 Å². The van der Waals surface area contributed by atoms with E-state index in [-0.39, 0.29) is 0 Å². The van der Waals surface area contributed by atoms with Crippen LogP contribution in [0.15, 0.2) is 6.07 Å². The predicted octanol–water partition coefficient (Wildman–Crippen LogP) is 5.47. The highest BCUT2D eigenvalue weighted by Crippen LogP contribution is 2.37. The minimum Gasteiger partial charge on any atom is -0.279 e. The monoisotopic (exact) mass is 310 g/mol. The van der Waals surface area contributed by atoms with Gasteiger partial charge >= 0.3 is 0 Å². The molecular formula is C21H30N2. The van der Waals surface area contributed by atoms with Gasteiger partial charge in [-0.1, -0.05) is 0 Å². The van der Waals surface area contributed by atoms with Crippen LogP contribution in [0.3, 0.4) is 0 Å². The number of hydrogen-bond acceptors (Lipinski definition) is 2. The summed E-state index contributed by atoms with van der Waals surface area (Å²) in [4.78, 5) is 0. The largest absolute Gasteiger partial charge is 0.279 e. The third kappa shape index (κ3) is 2.66. The number of nitrogens with two attached hydrogens (primary N) is 1. The number of hydrazine groups is 1. The topological polar surface area (TPSA) is 29.3 Å². The number of anilines is 2. The zero-order valence-corrected chi connectivity index (χ0v) is 16.1. The minimum atomic E-state index is 1.10. The molecule has 0 heterocycles. The molecule has 0 aromatic heterocycles. The van der Waals surface area contributed by atoms with Crippen LogP contribution in [-0.4, -0.2) is 0 Å². The third-order valence-electron chi connectivity index (χ3n) is 5.91. The van der Waals surface area contributed by atoms with E-state index in [0.717, 1.165) is 11.4 Å². The van der Waals surface area contributed by atoms with Crippen molar-refractivity contribution in [3.05, 3.63) is 56.1 Å². The highest BCUT2D eigenvalue weighted by atomic mass is 15.4. The molecular weight excluding hydrogens is 280 g/mol. The molecule has 0 saturated carbocycles. The van der Waals surface area contributed by atoms with Gasteiger partial charge in [-0.25, -0.2) is 5.84 Å². The van der Waals surface area contributed by atoms with E-state index < -0.39 is 0 Å². The average Bonchev–Trinajstić information content (AvgIpc) is 2.52. The number of rotatable bonds is 2. The number of benzene rings is 2. The Morgan fingerprint density at radius 3 is 1.43 bits per heavy atom. The molecule has 2 rings (SSSR count). The van der Waals surface area contributed by atoms with Gasteiger partial charge in [0, 0.05) is 0 Å². The van der Waals surface area contributed by atoms with E-state index in [1.807, 2.05) is 5.01 Å². The van der Waals surface area contributed by atoms with E-state index in [2.05, 4.69) is 68.4 Å². The molecule has 0 amide bonds. The highest BCUT2D eigenvalue weighted by molar-refractivity contribution is 5.75. The Hall–Kier alpha value is -1.80. The fourth-order valence-corrected chi connectivity index (χ4v) is 3.40. The summed E-state index contributed by atoms with van der Waals surface area (Å²) >= 11 is 0. The Morgan fingerprint density at radius 1 is 0.565 bits per heavy atom. The van der Waals surface area contributed by atoms with Crippen molar-refractivity contribution in [1.82, 2.24) is 0 Å². The lowest BCUT2D eigenvalue weighted by molar-refractivity contribution is 1.02. The van der Waals surface area contributed by atoms with Crippen LogP contribution in [0.25, 0.3) is 0 Å². The molecule has 0 bridgehead atoms. The maximum absolute atomic E-state index is 6.63. The van der Waals surface area contributed by atoms with Gasteiger partial charge in [0.15, 0.2) is 0 Å². The molecule has 0 spiro atoms. The summed E-state index contributed by atoms with van der Waals surface area (Å²) in [6, 6.07) is 2.21. The van der Waals surface area contributed by atoms with E-state index in [0.29, 0.717) is 0 Å². The van der Waals surface area contributed by atoms with Crippen molar-refractivity contribution in [1.29, 1.82) is 0 Å². The number of aryl methyl sites for hydroxylation is 1. The van der Waals surface area contributed by atoms with E-state index in [1.165, 1.54) is 50.1 Å². The summed E-state index contributed by atoms with van der Waals surface area (Å²) in [5.74, 6) is 6.63. The lowest BCUT2D eigenvalue weighted by Gasteiger charge is -2.29. The summed E-state index contributed by atoms with van der Waals surface area (Å²) in [6.45, 7) is 19.6. The first-order valence-corrected chi connectivity index (χ1v) is 8.28. The minimum absolute atomic E-state index is 1.10. The van der Waals surface area contributed by atoms with Gasteiger partial charge in [0.25, 0.3) is 0 Å². The van der Waals surface area contributed by atoms with Crippen molar-refractivity contribution in [3.8, 4) is 0 Å². The SMILES string of the molecule is Cc1cc(N(N)c2c(C)c(C)c(C)c(C)c2C)c(C)c(C)c1C. The first-order valence-electron chi connectivity index (χ1n) is 8.28. The Morgan fingerprint density at radius 2 is 0.957 bits per heavy atom. The summed E-state index contributed by atoms with van der Waals surface area (Å²) < 4.78 is 0. The van der Waals surface area contributed by atoms with Crippen molar-refractivity contribution in [3.63, 3.8) is 0 Å². The molecule has 0 aliphatic rings. The fraction of sp³-hybridized carbons (Fsp3) is 0.429. The average molecular weight is 310 g/mol. The quantitative estimate of drug-likeness (QED) is 0.588.